The van der Waals surface area contributed by atoms with Gasteiger partial charge in [0.25, 0.3) is 10.1 Å². The number of hydrogen-bond donors (Lipinski definition) is 2. The molecule has 0 bridgehead atoms. The highest BCUT2D eigenvalue weighted by atomic mass is 32.2. The van der Waals surface area contributed by atoms with Crippen molar-refractivity contribution < 1.29 is 31.0 Å². The van der Waals surface area contributed by atoms with Gasteiger partial charge in [0.1, 0.15) is 0 Å². The minimum absolute atomic E-state index is 0.0750. The molecule has 1 rings (SSSR count). The number of nitrogens with zero attached hydrogens (tertiary/aromatic N) is 1. The molecule has 0 amide bonds. The Balaban J connectivity index is 2.93. The molecule has 0 aromatic carbocycles. The molecule has 112 valence electrons. The second-order valence-corrected chi connectivity index (χ2v) is 7.65. The first-order valence-corrected chi connectivity index (χ1v) is 8.49. The maximum atomic E-state index is 11.0. The van der Waals surface area contributed by atoms with Crippen molar-refractivity contribution in [2.24, 2.45) is 17.6 Å². The first kappa shape index (κ1) is 16.7. The van der Waals surface area contributed by atoms with Crippen LogP contribution >= 0.6 is 0 Å². The Kier molecular flexibility index (Phi) is 5.21. The Bertz CT molecular complexity index is 467. The van der Waals surface area contributed by atoms with Crippen molar-refractivity contribution in [1.82, 2.24) is 0 Å². The fourth-order valence-corrected chi connectivity index (χ4v) is 4.30. The lowest BCUT2D eigenvalue weighted by Crippen LogP contribution is -2.56. The molecule has 19 heavy (non-hydrogen) atoms. The van der Waals surface area contributed by atoms with Crippen LogP contribution in [0.3, 0.4) is 0 Å². The summed E-state index contributed by atoms with van der Waals surface area (Å²) in [7, 11) is -2.53. The number of carbonyl (C=O) groups is 1. The van der Waals surface area contributed by atoms with Crippen LogP contribution in [0.2, 0.25) is 0 Å². The third kappa shape index (κ3) is 4.58. The van der Waals surface area contributed by atoms with Gasteiger partial charge >= 0.3 is 0 Å². The third-order valence-electron chi connectivity index (χ3n) is 3.60. The molecule has 8 nitrogen and oxygen atoms in total. The predicted octanol–water partition coefficient (Wildman–Crippen LogP) is -2.07. The zero-order valence-corrected chi connectivity index (χ0v) is 12.1. The van der Waals surface area contributed by atoms with Gasteiger partial charge in [-0.1, -0.05) is 11.1 Å². The van der Waals surface area contributed by atoms with Gasteiger partial charge in [0.2, 0.25) is 0 Å². The van der Waals surface area contributed by atoms with E-state index in [2.05, 4.69) is 0 Å². The average Bonchev–Trinajstić information content (AvgIpc) is 2.52. The summed E-state index contributed by atoms with van der Waals surface area (Å²) in [6, 6.07) is 0. The van der Waals surface area contributed by atoms with Crippen LogP contribution in [-0.2, 0) is 26.0 Å². The van der Waals surface area contributed by atoms with Crippen molar-refractivity contribution in [2.75, 3.05) is 31.6 Å². The first-order valence-electron chi connectivity index (χ1n) is 5.63. The van der Waals surface area contributed by atoms with E-state index in [-0.39, 0.29) is 23.3 Å². The van der Waals surface area contributed by atoms with E-state index >= 15 is 0 Å². The van der Waals surface area contributed by atoms with Crippen molar-refractivity contribution in [1.29, 1.82) is 0 Å². The molecule has 1 aliphatic rings. The second-order valence-electron chi connectivity index (χ2n) is 5.21. The number of rotatable bonds is 6. The van der Waals surface area contributed by atoms with Gasteiger partial charge < -0.3 is 9.04 Å². The summed E-state index contributed by atoms with van der Waals surface area (Å²) >= 11 is -2.32. The number of aldehydes is 1. The Hall–Kier alpha value is -0.390. The quantitative estimate of drug-likeness (QED) is 0.248. The number of likely N-dealkylation sites (tertiary alicyclic amines) is 1. The predicted molar refractivity (Wildman–Crippen MR) is 67.1 cm³/mol. The minimum Gasteiger partial charge on any atom is -0.772 e. The van der Waals surface area contributed by atoms with Crippen molar-refractivity contribution >= 4 is 27.5 Å². The molecule has 3 N–H and O–H groups in total. The van der Waals surface area contributed by atoms with E-state index < -0.39 is 45.0 Å². The molecule has 0 spiro atoms. The number of carbonyl (C=O) groups excluding carboxylic acids is 1. The maximum Gasteiger partial charge on any atom is 0.265 e. The second kappa shape index (κ2) is 5.94. The standard InChI is InChI=1S/C9H18N2O6S2/c1-11(9(10)4-12)2-7(5-18(13)14)8(3-11)6-19(15,16)17/h4,7-9H,2-3,5-6,10H2,1H3,(H-,13,14,15,16,17). The number of hydrogen-bond acceptors (Lipinski definition) is 6. The van der Waals surface area contributed by atoms with Crippen molar-refractivity contribution in [3.8, 4) is 0 Å². The van der Waals surface area contributed by atoms with E-state index in [0.29, 0.717) is 6.29 Å². The molecule has 0 aromatic rings. The number of likely N-dealkylation sites (N-methyl/N-ethyl adjacent to an activating group) is 1. The number of nitrogens with two attached hydrogens (primary N) is 1. The van der Waals surface area contributed by atoms with Gasteiger partial charge in [-0.3, -0.25) is 19.3 Å². The van der Waals surface area contributed by atoms with E-state index in [1.54, 1.807) is 7.05 Å². The highest BCUT2D eigenvalue weighted by Crippen LogP contribution is 2.31. The average molecular weight is 314 g/mol. The highest BCUT2D eigenvalue weighted by Gasteiger charge is 2.47. The first-order chi connectivity index (χ1) is 8.57. The van der Waals surface area contributed by atoms with E-state index in [1.807, 2.05) is 0 Å². The topological polar surface area (TPSA) is 138 Å². The van der Waals surface area contributed by atoms with Gasteiger partial charge in [-0.2, -0.15) is 8.42 Å². The molecule has 5 atom stereocenters. The molecular formula is C9H18N2O6S2. The zero-order valence-electron chi connectivity index (χ0n) is 10.5. The van der Waals surface area contributed by atoms with Gasteiger partial charge in [-0.05, 0) is 0 Å². The maximum absolute atomic E-state index is 11.0. The SMILES string of the molecule is C[N+]1(C(N)C=O)CC(CS(=O)[O-])C(CS(=O)(=O)O)C1. The van der Waals surface area contributed by atoms with Gasteiger partial charge in [-0.25, -0.2) is 0 Å². The largest absolute Gasteiger partial charge is 0.772 e. The van der Waals surface area contributed by atoms with Crippen molar-refractivity contribution in [2.45, 2.75) is 6.17 Å². The van der Waals surface area contributed by atoms with E-state index in [1.165, 1.54) is 0 Å². The molecule has 0 aromatic heterocycles. The van der Waals surface area contributed by atoms with Crippen LogP contribution in [0.4, 0.5) is 0 Å². The van der Waals surface area contributed by atoms with Crippen LogP contribution in [-0.4, -0.2) is 70.3 Å². The fraction of sp³-hybridized carbons (Fsp3) is 0.889. The summed E-state index contributed by atoms with van der Waals surface area (Å²) in [6.45, 7) is 0.523. The lowest BCUT2D eigenvalue weighted by Gasteiger charge is -2.32. The number of quaternary nitrogens is 1. The Morgan fingerprint density at radius 2 is 2.05 bits per heavy atom. The highest BCUT2D eigenvalue weighted by molar-refractivity contribution is 7.85. The van der Waals surface area contributed by atoms with Crippen LogP contribution in [0.15, 0.2) is 0 Å². The van der Waals surface area contributed by atoms with E-state index in [4.69, 9.17) is 10.3 Å². The van der Waals surface area contributed by atoms with Crippen LogP contribution in [0, 0.1) is 11.8 Å². The molecule has 0 saturated carbocycles. The lowest BCUT2D eigenvalue weighted by molar-refractivity contribution is -0.914. The van der Waals surface area contributed by atoms with Crippen LogP contribution in [0.1, 0.15) is 0 Å². The molecule has 1 saturated heterocycles. The van der Waals surface area contributed by atoms with Crippen LogP contribution in [0.25, 0.3) is 0 Å². The van der Waals surface area contributed by atoms with Crippen molar-refractivity contribution in [3.63, 3.8) is 0 Å². The van der Waals surface area contributed by atoms with Gasteiger partial charge in [0, 0.05) is 17.6 Å². The summed E-state index contributed by atoms with van der Waals surface area (Å²) in [6.07, 6.45) is -0.282. The summed E-state index contributed by atoms with van der Waals surface area (Å²) < 4.78 is 52.5. The Morgan fingerprint density at radius 1 is 1.53 bits per heavy atom. The molecular weight excluding hydrogens is 296 g/mol. The van der Waals surface area contributed by atoms with Gasteiger partial charge in [0.05, 0.1) is 25.9 Å². The third-order valence-corrected chi connectivity index (χ3v) is 5.15. The van der Waals surface area contributed by atoms with Crippen LogP contribution in [0.5, 0.6) is 0 Å². The Labute approximate surface area is 114 Å². The summed E-state index contributed by atoms with van der Waals surface area (Å²) in [5.74, 6) is -1.71. The van der Waals surface area contributed by atoms with Crippen LogP contribution < -0.4 is 5.73 Å². The zero-order chi connectivity index (χ0) is 14.8. The summed E-state index contributed by atoms with van der Waals surface area (Å²) in [4.78, 5) is 10.8. The molecule has 0 aliphatic carbocycles. The molecule has 10 heteroatoms. The summed E-state index contributed by atoms with van der Waals surface area (Å²) in [5, 5.41) is 0. The monoisotopic (exact) mass is 314 g/mol. The Morgan fingerprint density at radius 3 is 2.47 bits per heavy atom. The molecule has 1 aliphatic heterocycles. The van der Waals surface area contributed by atoms with Crippen molar-refractivity contribution in [3.05, 3.63) is 0 Å². The fourth-order valence-electron chi connectivity index (χ4n) is 2.66. The molecule has 1 heterocycles. The molecule has 1 fully saturated rings. The normalized spacial score (nSPS) is 34.9. The summed E-state index contributed by atoms with van der Waals surface area (Å²) in [5.41, 5.74) is 5.67. The van der Waals surface area contributed by atoms with Gasteiger partial charge in [-0.15, -0.1) is 0 Å². The molecule has 5 unspecified atom stereocenters. The van der Waals surface area contributed by atoms with E-state index in [0.717, 1.165) is 0 Å². The molecule has 0 radical (unpaired) electrons. The van der Waals surface area contributed by atoms with E-state index in [9.17, 15) is 22.0 Å². The smallest absolute Gasteiger partial charge is 0.265 e. The minimum atomic E-state index is -4.20. The lowest BCUT2D eigenvalue weighted by atomic mass is 10.0. The van der Waals surface area contributed by atoms with Gasteiger partial charge in [0.15, 0.2) is 12.5 Å².